The lowest BCUT2D eigenvalue weighted by Gasteiger charge is -2.29. The monoisotopic (exact) mass is 284 g/mol. The third kappa shape index (κ3) is 5.80. The fourth-order valence-electron chi connectivity index (χ4n) is 1.70. The number of nitrogens with one attached hydrogen (secondary N) is 2. The molecule has 0 spiro atoms. The predicted octanol–water partition coefficient (Wildman–Crippen LogP) is -1.05. The van der Waals surface area contributed by atoms with Crippen LogP contribution >= 0.6 is 0 Å². The maximum atomic E-state index is 11.7. The SMILES string of the molecule is CC1CCNCC1NS(=O)(=O)CCS(C)(=O)=O. The van der Waals surface area contributed by atoms with Crippen LogP contribution in [0.4, 0.5) is 0 Å². The smallest absolute Gasteiger partial charge is 0.212 e. The van der Waals surface area contributed by atoms with Crippen LogP contribution in [0.15, 0.2) is 0 Å². The van der Waals surface area contributed by atoms with E-state index in [9.17, 15) is 16.8 Å². The highest BCUT2D eigenvalue weighted by Crippen LogP contribution is 2.12. The normalized spacial score (nSPS) is 26.9. The number of rotatable bonds is 5. The first kappa shape index (κ1) is 14.9. The molecule has 2 atom stereocenters. The minimum absolute atomic E-state index is 0.145. The van der Waals surface area contributed by atoms with Gasteiger partial charge in [-0.05, 0) is 18.9 Å². The summed E-state index contributed by atoms with van der Waals surface area (Å²) in [6.45, 7) is 3.48. The molecule has 1 saturated heterocycles. The van der Waals surface area contributed by atoms with Crippen LogP contribution in [-0.4, -0.2) is 53.7 Å². The maximum absolute atomic E-state index is 11.7. The van der Waals surface area contributed by atoms with Gasteiger partial charge in [0.1, 0.15) is 9.84 Å². The molecule has 1 rings (SSSR count). The molecule has 1 aliphatic heterocycles. The van der Waals surface area contributed by atoms with E-state index in [1.807, 2.05) is 6.92 Å². The molecule has 0 bridgehead atoms. The molecular formula is C9H20N2O4S2. The molecule has 6 nitrogen and oxygen atoms in total. The Morgan fingerprint density at radius 1 is 1.24 bits per heavy atom. The maximum Gasteiger partial charge on any atom is 0.212 e. The molecule has 0 radical (unpaired) electrons. The summed E-state index contributed by atoms with van der Waals surface area (Å²) in [6, 6.07) is -0.145. The van der Waals surface area contributed by atoms with Crippen LogP contribution in [0.1, 0.15) is 13.3 Å². The van der Waals surface area contributed by atoms with Crippen molar-refractivity contribution in [1.82, 2.24) is 10.0 Å². The molecule has 0 aromatic heterocycles. The van der Waals surface area contributed by atoms with Gasteiger partial charge in [-0.2, -0.15) is 0 Å². The van der Waals surface area contributed by atoms with E-state index in [1.54, 1.807) is 0 Å². The molecule has 1 fully saturated rings. The van der Waals surface area contributed by atoms with E-state index < -0.39 is 19.9 Å². The van der Waals surface area contributed by atoms with Crippen LogP contribution in [0.5, 0.6) is 0 Å². The van der Waals surface area contributed by atoms with Crippen molar-refractivity contribution in [1.29, 1.82) is 0 Å². The van der Waals surface area contributed by atoms with Gasteiger partial charge >= 0.3 is 0 Å². The molecule has 0 aromatic rings. The highest BCUT2D eigenvalue weighted by Gasteiger charge is 2.26. The summed E-state index contributed by atoms with van der Waals surface area (Å²) in [5, 5.41) is 3.11. The number of sulfone groups is 1. The second kappa shape index (κ2) is 5.64. The van der Waals surface area contributed by atoms with Crippen LogP contribution in [0.25, 0.3) is 0 Å². The van der Waals surface area contributed by atoms with Crippen LogP contribution in [-0.2, 0) is 19.9 Å². The summed E-state index contributed by atoms with van der Waals surface area (Å²) in [6.07, 6.45) is 1.95. The summed E-state index contributed by atoms with van der Waals surface area (Å²) in [5.74, 6) is -0.435. The van der Waals surface area contributed by atoms with Gasteiger partial charge in [-0.25, -0.2) is 21.6 Å². The molecule has 0 aromatic carbocycles. The molecular weight excluding hydrogens is 264 g/mol. The third-order valence-electron chi connectivity index (χ3n) is 2.88. The number of hydrogen-bond donors (Lipinski definition) is 2. The highest BCUT2D eigenvalue weighted by atomic mass is 32.2. The van der Waals surface area contributed by atoms with Crippen LogP contribution in [0.2, 0.25) is 0 Å². The largest absolute Gasteiger partial charge is 0.315 e. The Morgan fingerprint density at radius 2 is 1.88 bits per heavy atom. The molecule has 17 heavy (non-hydrogen) atoms. The summed E-state index contributed by atoms with van der Waals surface area (Å²) in [4.78, 5) is 0. The Labute approximate surface area is 103 Å². The van der Waals surface area contributed by atoms with Crippen LogP contribution < -0.4 is 10.0 Å². The summed E-state index contributed by atoms with van der Waals surface area (Å²) < 4.78 is 47.8. The number of piperidine rings is 1. The van der Waals surface area contributed by atoms with Crippen molar-refractivity contribution in [2.75, 3.05) is 30.9 Å². The fourth-order valence-corrected chi connectivity index (χ4v) is 4.68. The summed E-state index contributed by atoms with van der Waals surface area (Å²) >= 11 is 0. The summed E-state index contributed by atoms with van der Waals surface area (Å²) in [5.41, 5.74) is 0. The first-order valence-corrected chi connectivity index (χ1v) is 9.29. The molecule has 0 aliphatic carbocycles. The quantitative estimate of drug-likeness (QED) is 0.672. The lowest BCUT2D eigenvalue weighted by molar-refractivity contribution is 0.327. The van der Waals surface area contributed by atoms with Gasteiger partial charge in [-0.3, -0.25) is 0 Å². The van der Waals surface area contributed by atoms with Crippen molar-refractivity contribution in [3.05, 3.63) is 0 Å². The van der Waals surface area contributed by atoms with E-state index in [1.165, 1.54) is 0 Å². The zero-order valence-electron chi connectivity index (χ0n) is 10.1. The van der Waals surface area contributed by atoms with Gasteiger partial charge in [0.2, 0.25) is 10.0 Å². The standard InChI is InChI=1S/C9H20N2O4S2/c1-8-3-4-10-7-9(8)11-17(14,15)6-5-16(2,12)13/h8-11H,3-7H2,1-2H3. The van der Waals surface area contributed by atoms with Crippen molar-refractivity contribution >= 4 is 19.9 Å². The molecule has 1 heterocycles. The van der Waals surface area contributed by atoms with Crippen molar-refractivity contribution in [3.8, 4) is 0 Å². The van der Waals surface area contributed by atoms with Crippen LogP contribution in [0.3, 0.4) is 0 Å². The van der Waals surface area contributed by atoms with Gasteiger partial charge in [0.15, 0.2) is 0 Å². The molecule has 0 saturated carbocycles. The van der Waals surface area contributed by atoms with E-state index >= 15 is 0 Å². The van der Waals surface area contributed by atoms with Crippen molar-refractivity contribution in [2.24, 2.45) is 5.92 Å². The molecule has 0 amide bonds. The lowest BCUT2D eigenvalue weighted by atomic mass is 9.96. The highest BCUT2D eigenvalue weighted by molar-refractivity contribution is 7.93. The molecule has 2 unspecified atom stereocenters. The summed E-state index contributed by atoms with van der Waals surface area (Å²) in [7, 11) is -6.76. The van der Waals surface area contributed by atoms with Gasteiger partial charge < -0.3 is 5.32 Å². The zero-order chi connectivity index (χ0) is 13.1. The van der Waals surface area contributed by atoms with E-state index in [0.29, 0.717) is 6.54 Å². The Kier molecular flexibility index (Phi) is 4.94. The van der Waals surface area contributed by atoms with Gasteiger partial charge in [-0.1, -0.05) is 6.92 Å². The third-order valence-corrected chi connectivity index (χ3v) is 5.49. The van der Waals surface area contributed by atoms with E-state index in [2.05, 4.69) is 10.0 Å². The zero-order valence-corrected chi connectivity index (χ0v) is 11.8. The molecule has 102 valence electrons. The van der Waals surface area contributed by atoms with E-state index in [0.717, 1.165) is 19.2 Å². The number of hydrogen-bond acceptors (Lipinski definition) is 5. The van der Waals surface area contributed by atoms with Crippen LogP contribution in [0, 0.1) is 5.92 Å². The topological polar surface area (TPSA) is 92.3 Å². The van der Waals surface area contributed by atoms with Gasteiger partial charge in [0.05, 0.1) is 11.5 Å². The van der Waals surface area contributed by atoms with Crippen molar-refractivity contribution in [3.63, 3.8) is 0 Å². The minimum atomic E-state index is -3.52. The van der Waals surface area contributed by atoms with E-state index in [4.69, 9.17) is 0 Å². The Morgan fingerprint density at radius 3 is 2.41 bits per heavy atom. The number of sulfonamides is 1. The second-order valence-corrected chi connectivity index (χ2v) is 8.78. The molecule has 2 N–H and O–H groups in total. The average molecular weight is 284 g/mol. The lowest BCUT2D eigenvalue weighted by Crippen LogP contribution is -2.50. The average Bonchev–Trinajstić information content (AvgIpc) is 2.18. The van der Waals surface area contributed by atoms with Gasteiger partial charge in [0.25, 0.3) is 0 Å². The van der Waals surface area contributed by atoms with Crippen molar-refractivity contribution < 1.29 is 16.8 Å². The van der Waals surface area contributed by atoms with Gasteiger partial charge in [-0.15, -0.1) is 0 Å². The first-order valence-electron chi connectivity index (χ1n) is 5.58. The fraction of sp³-hybridized carbons (Fsp3) is 1.00. The molecule has 1 aliphatic rings. The van der Waals surface area contributed by atoms with E-state index in [-0.39, 0.29) is 23.5 Å². The Balaban J connectivity index is 2.54. The molecule has 8 heteroatoms. The van der Waals surface area contributed by atoms with Crippen molar-refractivity contribution in [2.45, 2.75) is 19.4 Å². The Hall–Kier alpha value is -0.180. The predicted molar refractivity (Wildman–Crippen MR) is 67.1 cm³/mol. The Bertz CT molecular complexity index is 444. The minimum Gasteiger partial charge on any atom is -0.315 e. The second-order valence-electron chi connectivity index (χ2n) is 4.64. The van der Waals surface area contributed by atoms with Gasteiger partial charge in [0, 0.05) is 18.8 Å². The first-order chi connectivity index (χ1) is 7.70.